The number of nitrogens with zero attached hydrogens (tertiary/aromatic N) is 4. The van der Waals surface area contributed by atoms with Crippen LogP contribution in [0.25, 0.3) is 28.0 Å². The Bertz CT molecular complexity index is 1520. The Hall–Kier alpha value is -4.11. The van der Waals surface area contributed by atoms with Crippen LogP contribution < -0.4 is 15.2 Å². The zero-order valence-corrected chi connectivity index (χ0v) is 20.3. The molecule has 2 fully saturated rings. The number of fused-ring (bicyclic) bond motifs is 1. The Labute approximate surface area is 213 Å². The van der Waals surface area contributed by atoms with Gasteiger partial charge in [-0.1, -0.05) is 12.1 Å². The Morgan fingerprint density at radius 2 is 1.76 bits per heavy atom. The molecular weight excluding hydrogens is 472 g/mol. The second-order valence-corrected chi connectivity index (χ2v) is 9.67. The van der Waals surface area contributed by atoms with Crippen molar-refractivity contribution in [2.45, 2.75) is 31.7 Å². The number of anilines is 2. The standard InChI is InChI=1S/C28H28N4O5/c33-17-21-4-3-13-31(21)28-29-23-10-9-20(14-26(23)37-28)32-16-22(27(35)36)25(34)15-24(32)18-5-7-19(8-6-18)30-11-1-2-12-30/h5-10,14-16,21,33H,1-4,11-13,17H2,(H,35,36). The lowest BCUT2D eigenvalue weighted by atomic mass is 10.1. The van der Waals surface area contributed by atoms with E-state index in [0.29, 0.717) is 28.5 Å². The number of oxazole rings is 1. The van der Waals surface area contributed by atoms with Crippen molar-refractivity contribution in [3.63, 3.8) is 0 Å². The number of carboxylic acid groups (broad SMARTS) is 1. The van der Waals surface area contributed by atoms with Gasteiger partial charge in [0.1, 0.15) is 11.1 Å². The lowest BCUT2D eigenvalue weighted by molar-refractivity contribution is 0.0695. The van der Waals surface area contributed by atoms with Gasteiger partial charge in [-0.3, -0.25) is 4.79 Å². The fourth-order valence-corrected chi connectivity index (χ4v) is 5.40. The van der Waals surface area contributed by atoms with Crippen LogP contribution in [0.5, 0.6) is 0 Å². The molecule has 37 heavy (non-hydrogen) atoms. The minimum absolute atomic E-state index is 0.0141. The predicted molar refractivity (Wildman–Crippen MR) is 141 cm³/mol. The third kappa shape index (κ3) is 4.25. The number of benzene rings is 2. The summed E-state index contributed by atoms with van der Waals surface area (Å²) in [5.74, 6) is -1.28. The molecule has 6 rings (SSSR count). The van der Waals surface area contributed by atoms with Crippen LogP contribution in [0.4, 0.5) is 11.7 Å². The first kappa shape index (κ1) is 23.3. The molecule has 9 nitrogen and oxygen atoms in total. The van der Waals surface area contributed by atoms with Crippen LogP contribution in [0.1, 0.15) is 36.0 Å². The van der Waals surface area contributed by atoms with E-state index in [-0.39, 0.29) is 18.2 Å². The zero-order valence-electron chi connectivity index (χ0n) is 20.3. The fraction of sp³-hybridized carbons (Fsp3) is 0.321. The van der Waals surface area contributed by atoms with E-state index in [4.69, 9.17) is 4.42 Å². The lowest BCUT2D eigenvalue weighted by Gasteiger charge is -2.20. The van der Waals surface area contributed by atoms with Gasteiger partial charge in [-0.2, -0.15) is 4.98 Å². The van der Waals surface area contributed by atoms with Gasteiger partial charge in [0.2, 0.25) is 0 Å². The monoisotopic (exact) mass is 500 g/mol. The van der Waals surface area contributed by atoms with Crippen LogP contribution in [0.3, 0.4) is 0 Å². The largest absolute Gasteiger partial charge is 0.477 e. The summed E-state index contributed by atoms with van der Waals surface area (Å²) in [6.45, 7) is 2.88. The molecule has 0 amide bonds. The first-order valence-electron chi connectivity index (χ1n) is 12.7. The Morgan fingerprint density at radius 3 is 2.49 bits per heavy atom. The van der Waals surface area contributed by atoms with Crippen LogP contribution in [0.15, 0.2) is 63.9 Å². The Kier molecular flexibility index (Phi) is 5.92. The summed E-state index contributed by atoms with van der Waals surface area (Å²) in [5.41, 5.74) is 3.53. The third-order valence-corrected chi connectivity index (χ3v) is 7.39. The number of aliphatic hydroxyl groups excluding tert-OH is 1. The molecular formula is C28H28N4O5. The summed E-state index contributed by atoms with van der Waals surface area (Å²) in [6, 6.07) is 15.3. The summed E-state index contributed by atoms with van der Waals surface area (Å²) >= 11 is 0. The first-order valence-corrected chi connectivity index (χ1v) is 12.7. The van der Waals surface area contributed by atoms with Gasteiger partial charge in [-0.25, -0.2) is 4.79 Å². The average Bonchev–Trinajstić information content (AvgIpc) is 3.68. The van der Waals surface area contributed by atoms with Crippen LogP contribution in [-0.4, -0.2) is 58.0 Å². The van der Waals surface area contributed by atoms with E-state index >= 15 is 0 Å². The molecule has 0 radical (unpaired) electrons. The molecule has 1 unspecified atom stereocenters. The van der Waals surface area contributed by atoms with E-state index in [1.54, 1.807) is 10.6 Å². The number of carbonyl (C=O) groups is 1. The van der Waals surface area contributed by atoms with E-state index in [9.17, 15) is 19.8 Å². The molecule has 0 saturated carbocycles. The highest BCUT2D eigenvalue weighted by atomic mass is 16.4. The molecule has 0 aliphatic carbocycles. The van der Waals surface area contributed by atoms with Crippen molar-refractivity contribution < 1.29 is 19.4 Å². The quantitative estimate of drug-likeness (QED) is 0.410. The number of aromatic carboxylic acids is 1. The molecule has 190 valence electrons. The highest BCUT2D eigenvalue weighted by Gasteiger charge is 2.28. The van der Waals surface area contributed by atoms with Crippen LogP contribution in [-0.2, 0) is 0 Å². The summed E-state index contributed by atoms with van der Waals surface area (Å²) in [4.78, 5) is 33.4. The minimum atomic E-state index is -1.28. The molecule has 1 atom stereocenters. The van der Waals surface area contributed by atoms with Crippen molar-refractivity contribution in [2.75, 3.05) is 36.0 Å². The molecule has 2 aromatic carbocycles. The van der Waals surface area contributed by atoms with Crippen molar-refractivity contribution in [2.24, 2.45) is 0 Å². The molecule has 4 aromatic rings. The molecule has 2 aliphatic heterocycles. The molecule has 0 spiro atoms. The first-order chi connectivity index (χ1) is 18.0. The van der Waals surface area contributed by atoms with Crippen LogP contribution in [0, 0.1) is 0 Å². The van der Waals surface area contributed by atoms with Gasteiger partial charge in [-0.05, 0) is 55.5 Å². The van der Waals surface area contributed by atoms with Gasteiger partial charge in [0.25, 0.3) is 6.01 Å². The van der Waals surface area contributed by atoms with Crippen molar-refractivity contribution in [1.29, 1.82) is 0 Å². The van der Waals surface area contributed by atoms with E-state index in [1.165, 1.54) is 25.1 Å². The number of pyridine rings is 1. The maximum absolute atomic E-state index is 12.7. The summed E-state index contributed by atoms with van der Waals surface area (Å²) in [5, 5.41) is 19.3. The van der Waals surface area contributed by atoms with Gasteiger partial charge < -0.3 is 29.0 Å². The van der Waals surface area contributed by atoms with Gasteiger partial charge >= 0.3 is 5.97 Å². The minimum Gasteiger partial charge on any atom is -0.477 e. The molecule has 2 N–H and O–H groups in total. The molecule has 4 heterocycles. The van der Waals surface area contributed by atoms with E-state index in [1.807, 2.05) is 41.3 Å². The number of aromatic nitrogens is 2. The Morgan fingerprint density at radius 1 is 1.00 bits per heavy atom. The number of hydrogen-bond acceptors (Lipinski definition) is 7. The van der Waals surface area contributed by atoms with Gasteiger partial charge in [0.05, 0.1) is 18.3 Å². The molecule has 9 heteroatoms. The molecule has 2 aromatic heterocycles. The van der Waals surface area contributed by atoms with Crippen molar-refractivity contribution >= 4 is 28.8 Å². The fourth-order valence-electron chi connectivity index (χ4n) is 5.40. The summed E-state index contributed by atoms with van der Waals surface area (Å²) < 4.78 is 7.78. The van der Waals surface area contributed by atoms with Crippen molar-refractivity contribution in [3.05, 3.63) is 70.5 Å². The highest BCUT2D eigenvalue weighted by molar-refractivity contribution is 5.88. The molecule has 0 bridgehead atoms. The molecule has 2 aliphatic rings. The second-order valence-electron chi connectivity index (χ2n) is 9.67. The number of carboxylic acids is 1. The summed E-state index contributed by atoms with van der Waals surface area (Å²) in [7, 11) is 0. The number of rotatable bonds is 6. The average molecular weight is 501 g/mol. The number of hydrogen-bond donors (Lipinski definition) is 2. The van der Waals surface area contributed by atoms with E-state index < -0.39 is 11.4 Å². The predicted octanol–water partition coefficient (Wildman–Crippen LogP) is 3.91. The highest BCUT2D eigenvalue weighted by Crippen LogP contribution is 2.31. The zero-order chi connectivity index (χ0) is 25.5. The van der Waals surface area contributed by atoms with Crippen LogP contribution >= 0.6 is 0 Å². The van der Waals surface area contributed by atoms with E-state index in [0.717, 1.165) is 43.7 Å². The molecule has 2 saturated heterocycles. The Balaban J connectivity index is 1.43. The van der Waals surface area contributed by atoms with Crippen molar-refractivity contribution in [3.8, 4) is 16.9 Å². The van der Waals surface area contributed by atoms with E-state index in [2.05, 4.69) is 9.88 Å². The summed E-state index contributed by atoms with van der Waals surface area (Å²) in [6.07, 6.45) is 5.58. The van der Waals surface area contributed by atoms with Crippen LogP contribution in [0.2, 0.25) is 0 Å². The van der Waals surface area contributed by atoms with Gasteiger partial charge in [0, 0.05) is 49.3 Å². The third-order valence-electron chi connectivity index (χ3n) is 7.39. The normalized spacial score (nSPS) is 17.7. The maximum Gasteiger partial charge on any atom is 0.341 e. The topological polar surface area (TPSA) is 112 Å². The smallest absolute Gasteiger partial charge is 0.341 e. The second kappa shape index (κ2) is 9.40. The van der Waals surface area contributed by atoms with Gasteiger partial charge in [-0.15, -0.1) is 0 Å². The lowest BCUT2D eigenvalue weighted by Crippen LogP contribution is -2.32. The maximum atomic E-state index is 12.7. The van der Waals surface area contributed by atoms with Gasteiger partial charge in [0.15, 0.2) is 11.0 Å². The van der Waals surface area contributed by atoms with Crippen molar-refractivity contribution in [1.82, 2.24) is 9.55 Å². The number of aliphatic hydroxyl groups is 1. The SMILES string of the molecule is O=C(O)c1cn(-c2ccc3nc(N4CCCC4CO)oc3c2)c(-c2ccc(N3CCCC3)cc2)cc1=O.